The third-order valence-corrected chi connectivity index (χ3v) is 4.66. The van der Waals surface area contributed by atoms with Gasteiger partial charge >= 0.3 is 0 Å². The summed E-state index contributed by atoms with van der Waals surface area (Å²) in [6, 6.07) is 19.8. The molecule has 0 aliphatic carbocycles. The van der Waals surface area contributed by atoms with Crippen LogP contribution in [0.15, 0.2) is 84.1 Å². The Morgan fingerprint density at radius 1 is 1.03 bits per heavy atom. The second-order valence-corrected chi connectivity index (χ2v) is 6.97. The number of halogens is 1. The van der Waals surface area contributed by atoms with E-state index in [0.717, 1.165) is 11.1 Å². The second kappa shape index (κ2) is 8.62. The van der Waals surface area contributed by atoms with Crippen LogP contribution in [-0.2, 0) is 0 Å². The molecule has 0 spiro atoms. The number of phenolic OH excluding ortho intramolecular Hbond substituents is 1. The molecule has 0 unspecified atom stereocenters. The van der Waals surface area contributed by atoms with Gasteiger partial charge in [0.2, 0.25) is 0 Å². The van der Waals surface area contributed by atoms with Gasteiger partial charge in [-0.3, -0.25) is 4.79 Å². The van der Waals surface area contributed by atoms with Crippen LogP contribution in [0.3, 0.4) is 0 Å². The van der Waals surface area contributed by atoms with Crippen molar-refractivity contribution >= 4 is 12.1 Å². The van der Waals surface area contributed by atoms with Crippen molar-refractivity contribution in [3.8, 4) is 22.7 Å². The number of benzene rings is 3. The Morgan fingerprint density at radius 2 is 1.71 bits per heavy atom. The molecule has 2 N–H and O–H groups in total. The summed E-state index contributed by atoms with van der Waals surface area (Å²) in [5.74, 6) is -0.650. The van der Waals surface area contributed by atoms with Crippen molar-refractivity contribution in [2.45, 2.75) is 6.92 Å². The van der Waals surface area contributed by atoms with Crippen LogP contribution in [-0.4, -0.2) is 27.0 Å². The maximum absolute atomic E-state index is 13.3. The van der Waals surface area contributed by atoms with Gasteiger partial charge in [0.15, 0.2) is 0 Å². The number of phenols is 1. The van der Waals surface area contributed by atoms with E-state index in [1.54, 1.807) is 23.0 Å². The standard InChI is InChI=1S/C24H19FN4O2/c1-16-2-4-17(5-3-16)23-19(15-29(28-23)21-10-8-20(25)9-11-21)14-26-27-24(31)18-6-12-22(30)13-7-18/h2-15,30H,1H3,(H,27,31)/b26-14-. The van der Waals surface area contributed by atoms with Crippen LogP contribution in [0.1, 0.15) is 21.5 Å². The predicted octanol–water partition coefficient (Wildman–Crippen LogP) is 4.46. The molecule has 1 amide bonds. The van der Waals surface area contributed by atoms with Gasteiger partial charge in [-0.25, -0.2) is 14.5 Å². The minimum Gasteiger partial charge on any atom is -0.508 e. The zero-order valence-corrected chi connectivity index (χ0v) is 16.7. The Labute approximate surface area is 178 Å². The van der Waals surface area contributed by atoms with E-state index in [0.29, 0.717) is 22.5 Å². The fourth-order valence-corrected chi connectivity index (χ4v) is 2.98. The number of hydrogen-bond donors (Lipinski definition) is 2. The average molecular weight is 414 g/mol. The van der Waals surface area contributed by atoms with E-state index in [-0.39, 0.29) is 11.6 Å². The summed E-state index contributed by atoms with van der Waals surface area (Å²) in [6.07, 6.45) is 3.28. The predicted molar refractivity (Wildman–Crippen MR) is 117 cm³/mol. The number of amides is 1. The number of carbonyl (C=O) groups excluding carboxylic acids is 1. The number of aromatic nitrogens is 2. The van der Waals surface area contributed by atoms with Gasteiger partial charge in [0.1, 0.15) is 17.3 Å². The lowest BCUT2D eigenvalue weighted by Gasteiger charge is -2.01. The summed E-state index contributed by atoms with van der Waals surface area (Å²) in [6.45, 7) is 2.00. The SMILES string of the molecule is Cc1ccc(-c2nn(-c3ccc(F)cc3)cc2/C=N\NC(=O)c2ccc(O)cc2)cc1. The van der Waals surface area contributed by atoms with Crippen molar-refractivity contribution in [3.63, 3.8) is 0 Å². The van der Waals surface area contributed by atoms with Gasteiger partial charge in [-0.05, 0) is 55.5 Å². The third kappa shape index (κ3) is 4.67. The molecule has 0 saturated carbocycles. The Morgan fingerprint density at radius 3 is 2.39 bits per heavy atom. The molecule has 1 aromatic heterocycles. The molecule has 6 nitrogen and oxygen atoms in total. The van der Waals surface area contributed by atoms with E-state index >= 15 is 0 Å². The van der Waals surface area contributed by atoms with E-state index in [1.165, 1.54) is 42.6 Å². The van der Waals surface area contributed by atoms with Gasteiger partial charge in [0.05, 0.1) is 11.9 Å². The van der Waals surface area contributed by atoms with E-state index in [4.69, 9.17) is 0 Å². The maximum Gasteiger partial charge on any atom is 0.271 e. The number of hydrogen-bond acceptors (Lipinski definition) is 4. The Kier molecular flexibility index (Phi) is 5.57. The number of rotatable bonds is 5. The maximum atomic E-state index is 13.3. The smallest absolute Gasteiger partial charge is 0.271 e. The Balaban J connectivity index is 1.63. The molecule has 4 rings (SSSR count). The lowest BCUT2D eigenvalue weighted by molar-refractivity contribution is 0.0955. The van der Waals surface area contributed by atoms with Crippen LogP contribution in [0, 0.1) is 12.7 Å². The first kappa shape index (κ1) is 20.0. The fourth-order valence-electron chi connectivity index (χ4n) is 2.98. The molecule has 0 aliphatic heterocycles. The van der Waals surface area contributed by atoms with Crippen molar-refractivity contribution in [1.29, 1.82) is 0 Å². The Hall–Kier alpha value is -4.26. The molecule has 3 aromatic carbocycles. The lowest BCUT2D eigenvalue weighted by atomic mass is 10.1. The molecule has 4 aromatic rings. The van der Waals surface area contributed by atoms with Crippen molar-refractivity contribution in [2.24, 2.45) is 5.10 Å². The zero-order valence-electron chi connectivity index (χ0n) is 16.7. The fraction of sp³-hybridized carbons (Fsp3) is 0.0417. The van der Waals surface area contributed by atoms with Crippen LogP contribution in [0.4, 0.5) is 4.39 Å². The number of hydrazone groups is 1. The highest BCUT2D eigenvalue weighted by Gasteiger charge is 2.12. The summed E-state index contributed by atoms with van der Waals surface area (Å²) in [5.41, 5.74) is 6.90. The van der Waals surface area contributed by atoms with E-state index in [1.807, 2.05) is 31.2 Å². The van der Waals surface area contributed by atoms with Crippen LogP contribution in [0.25, 0.3) is 16.9 Å². The van der Waals surface area contributed by atoms with Crippen LogP contribution < -0.4 is 5.43 Å². The summed E-state index contributed by atoms with van der Waals surface area (Å²) in [5, 5.41) is 18.0. The molecule has 31 heavy (non-hydrogen) atoms. The van der Waals surface area contributed by atoms with Gasteiger partial charge < -0.3 is 5.11 Å². The number of aryl methyl sites for hydroxylation is 1. The number of nitrogens with one attached hydrogen (secondary N) is 1. The summed E-state index contributed by atoms with van der Waals surface area (Å²) >= 11 is 0. The van der Waals surface area contributed by atoms with Crippen molar-refractivity contribution in [1.82, 2.24) is 15.2 Å². The summed E-state index contributed by atoms with van der Waals surface area (Å²) in [4.78, 5) is 12.2. The number of aromatic hydroxyl groups is 1. The Bertz CT molecular complexity index is 1230. The number of nitrogens with zero attached hydrogens (tertiary/aromatic N) is 3. The molecule has 7 heteroatoms. The van der Waals surface area contributed by atoms with Gasteiger partial charge in [-0.1, -0.05) is 29.8 Å². The van der Waals surface area contributed by atoms with E-state index < -0.39 is 5.91 Å². The highest BCUT2D eigenvalue weighted by atomic mass is 19.1. The van der Waals surface area contributed by atoms with Gasteiger partial charge in [-0.2, -0.15) is 10.2 Å². The lowest BCUT2D eigenvalue weighted by Crippen LogP contribution is -2.17. The highest BCUT2D eigenvalue weighted by Crippen LogP contribution is 2.23. The highest BCUT2D eigenvalue weighted by molar-refractivity contribution is 5.95. The molecule has 0 fully saturated rings. The third-order valence-electron chi connectivity index (χ3n) is 4.66. The molecule has 0 radical (unpaired) electrons. The van der Waals surface area contributed by atoms with E-state index in [2.05, 4.69) is 15.6 Å². The largest absolute Gasteiger partial charge is 0.508 e. The van der Waals surface area contributed by atoms with Crippen LogP contribution in [0.2, 0.25) is 0 Å². The average Bonchev–Trinajstić information content (AvgIpc) is 3.19. The molecule has 0 saturated heterocycles. The van der Waals surface area contributed by atoms with Crippen molar-refractivity contribution in [3.05, 3.63) is 102 Å². The normalized spacial score (nSPS) is 11.0. The molecular formula is C24H19FN4O2. The molecule has 0 bridgehead atoms. The molecule has 0 aliphatic rings. The minimum absolute atomic E-state index is 0.0796. The van der Waals surface area contributed by atoms with Gasteiger partial charge in [-0.15, -0.1) is 0 Å². The molecule has 1 heterocycles. The number of carbonyl (C=O) groups is 1. The minimum atomic E-state index is -0.404. The molecular weight excluding hydrogens is 395 g/mol. The summed E-state index contributed by atoms with van der Waals surface area (Å²) < 4.78 is 14.9. The van der Waals surface area contributed by atoms with E-state index in [9.17, 15) is 14.3 Å². The monoisotopic (exact) mass is 414 g/mol. The van der Waals surface area contributed by atoms with Crippen LogP contribution >= 0.6 is 0 Å². The van der Waals surface area contributed by atoms with Crippen molar-refractivity contribution < 1.29 is 14.3 Å². The van der Waals surface area contributed by atoms with Gasteiger partial charge in [0.25, 0.3) is 5.91 Å². The van der Waals surface area contributed by atoms with Crippen molar-refractivity contribution in [2.75, 3.05) is 0 Å². The quantitative estimate of drug-likeness (QED) is 0.374. The summed E-state index contributed by atoms with van der Waals surface area (Å²) in [7, 11) is 0. The first-order valence-corrected chi connectivity index (χ1v) is 9.55. The van der Waals surface area contributed by atoms with Crippen LogP contribution in [0.5, 0.6) is 5.75 Å². The van der Waals surface area contributed by atoms with Gasteiger partial charge in [0, 0.05) is 22.9 Å². The molecule has 0 atom stereocenters. The first-order chi connectivity index (χ1) is 15.0. The first-order valence-electron chi connectivity index (χ1n) is 9.55. The second-order valence-electron chi connectivity index (χ2n) is 6.97. The topological polar surface area (TPSA) is 79.5 Å². The molecule has 154 valence electrons. The zero-order chi connectivity index (χ0) is 21.8.